The van der Waals surface area contributed by atoms with Gasteiger partial charge in [0.05, 0.1) is 28.8 Å². The van der Waals surface area contributed by atoms with Crippen molar-refractivity contribution in [3.63, 3.8) is 0 Å². The summed E-state index contributed by atoms with van der Waals surface area (Å²) in [4.78, 5) is 7.71. The molecule has 0 saturated carbocycles. The van der Waals surface area contributed by atoms with Crippen LogP contribution in [-0.2, 0) is 11.2 Å². The van der Waals surface area contributed by atoms with Gasteiger partial charge in [-0.15, -0.1) is 0 Å². The van der Waals surface area contributed by atoms with E-state index in [9.17, 15) is 0 Å². The van der Waals surface area contributed by atoms with Gasteiger partial charge in [-0.1, -0.05) is 0 Å². The molecule has 1 atom stereocenters. The van der Waals surface area contributed by atoms with Crippen LogP contribution in [-0.4, -0.2) is 23.2 Å². The number of nitrogens with zero attached hydrogens (tertiary/aromatic N) is 2. The van der Waals surface area contributed by atoms with Gasteiger partial charge in [0, 0.05) is 13.5 Å². The maximum atomic E-state index is 8.81. The number of H-pyrrole nitrogens is 1. The van der Waals surface area contributed by atoms with E-state index >= 15 is 0 Å². The van der Waals surface area contributed by atoms with Crippen molar-refractivity contribution in [2.45, 2.75) is 25.9 Å². The van der Waals surface area contributed by atoms with Gasteiger partial charge in [-0.05, 0) is 31.5 Å². The van der Waals surface area contributed by atoms with E-state index in [0.29, 0.717) is 5.56 Å². The zero-order valence-corrected chi connectivity index (χ0v) is 10.0. The normalized spacial score (nSPS) is 12.5. The molecule has 0 aliphatic rings. The predicted molar refractivity (Wildman–Crippen MR) is 65.6 cm³/mol. The van der Waals surface area contributed by atoms with Crippen molar-refractivity contribution in [2.24, 2.45) is 0 Å². The van der Waals surface area contributed by atoms with Crippen LogP contribution in [0, 0.1) is 11.3 Å². The number of nitriles is 1. The molecule has 0 amide bonds. The van der Waals surface area contributed by atoms with E-state index in [-0.39, 0.29) is 6.10 Å². The summed E-state index contributed by atoms with van der Waals surface area (Å²) < 4.78 is 5.20. The molecule has 17 heavy (non-hydrogen) atoms. The average molecular weight is 229 g/mol. The van der Waals surface area contributed by atoms with Gasteiger partial charge in [-0.3, -0.25) is 0 Å². The highest BCUT2D eigenvalue weighted by Crippen LogP contribution is 2.14. The van der Waals surface area contributed by atoms with Crippen LogP contribution in [0.5, 0.6) is 0 Å². The molecule has 2 rings (SSSR count). The number of rotatable bonds is 4. The number of hydrogen-bond acceptors (Lipinski definition) is 3. The highest BCUT2D eigenvalue weighted by molar-refractivity contribution is 5.76. The van der Waals surface area contributed by atoms with Crippen LogP contribution in [0.4, 0.5) is 0 Å². The molecular formula is C13H15N3O. The molecule has 1 N–H and O–H groups in total. The minimum atomic E-state index is 0.234. The summed E-state index contributed by atoms with van der Waals surface area (Å²) in [7, 11) is 1.71. The molecule has 2 aromatic rings. The van der Waals surface area contributed by atoms with E-state index in [1.165, 1.54) is 0 Å². The number of methoxy groups -OCH3 is 1. The smallest absolute Gasteiger partial charge is 0.107 e. The number of aromatic nitrogens is 2. The van der Waals surface area contributed by atoms with E-state index in [0.717, 1.165) is 29.7 Å². The summed E-state index contributed by atoms with van der Waals surface area (Å²) in [6.45, 7) is 2.04. The first kappa shape index (κ1) is 11.6. The Morgan fingerprint density at radius 2 is 2.35 bits per heavy atom. The molecule has 1 heterocycles. The molecular weight excluding hydrogens is 214 g/mol. The Hall–Kier alpha value is -1.86. The summed E-state index contributed by atoms with van der Waals surface area (Å²) in [5.41, 5.74) is 2.48. The van der Waals surface area contributed by atoms with Gasteiger partial charge in [-0.25, -0.2) is 4.98 Å². The first-order chi connectivity index (χ1) is 8.22. The van der Waals surface area contributed by atoms with Crippen molar-refractivity contribution in [1.29, 1.82) is 5.26 Å². The molecule has 1 unspecified atom stereocenters. The lowest BCUT2D eigenvalue weighted by atomic mass is 10.2. The second-order valence-corrected chi connectivity index (χ2v) is 4.11. The van der Waals surface area contributed by atoms with Crippen molar-refractivity contribution < 1.29 is 4.74 Å². The van der Waals surface area contributed by atoms with E-state index < -0.39 is 0 Å². The van der Waals surface area contributed by atoms with Crippen molar-refractivity contribution in [3.05, 3.63) is 29.6 Å². The maximum absolute atomic E-state index is 8.81. The summed E-state index contributed by atoms with van der Waals surface area (Å²) >= 11 is 0. The summed E-state index contributed by atoms with van der Waals surface area (Å²) in [5, 5.41) is 8.81. The molecule has 4 heteroatoms. The Morgan fingerprint density at radius 1 is 1.53 bits per heavy atom. The lowest BCUT2D eigenvalue weighted by Gasteiger charge is -2.06. The Balaban J connectivity index is 2.17. The Kier molecular flexibility index (Phi) is 3.40. The van der Waals surface area contributed by atoms with Gasteiger partial charge in [0.2, 0.25) is 0 Å². The standard InChI is InChI=1S/C13H15N3O/c1-9(17-2)3-6-13-15-11-5-4-10(8-14)7-12(11)16-13/h4-5,7,9H,3,6H2,1-2H3,(H,15,16). The third-order valence-electron chi connectivity index (χ3n) is 2.85. The van der Waals surface area contributed by atoms with Gasteiger partial charge in [0.15, 0.2) is 0 Å². The third-order valence-corrected chi connectivity index (χ3v) is 2.85. The van der Waals surface area contributed by atoms with E-state index in [4.69, 9.17) is 10.00 Å². The number of hydrogen-bond donors (Lipinski definition) is 1. The van der Waals surface area contributed by atoms with Crippen LogP contribution in [0.2, 0.25) is 0 Å². The van der Waals surface area contributed by atoms with Gasteiger partial charge >= 0.3 is 0 Å². The molecule has 88 valence electrons. The van der Waals surface area contributed by atoms with Gasteiger partial charge < -0.3 is 9.72 Å². The fraction of sp³-hybridized carbons (Fsp3) is 0.385. The average Bonchev–Trinajstić information content (AvgIpc) is 2.77. The molecule has 1 aromatic heterocycles. The molecule has 1 aromatic carbocycles. The van der Waals surface area contributed by atoms with Crippen molar-refractivity contribution >= 4 is 11.0 Å². The topological polar surface area (TPSA) is 61.7 Å². The van der Waals surface area contributed by atoms with Crippen LogP contribution >= 0.6 is 0 Å². The minimum Gasteiger partial charge on any atom is -0.382 e. The van der Waals surface area contributed by atoms with Crippen LogP contribution in [0.3, 0.4) is 0 Å². The number of ether oxygens (including phenoxy) is 1. The number of nitrogens with one attached hydrogen (secondary N) is 1. The lowest BCUT2D eigenvalue weighted by molar-refractivity contribution is 0.111. The maximum Gasteiger partial charge on any atom is 0.107 e. The largest absolute Gasteiger partial charge is 0.382 e. The minimum absolute atomic E-state index is 0.234. The third kappa shape index (κ3) is 2.63. The zero-order valence-electron chi connectivity index (χ0n) is 10.0. The number of imidazole rings is 1. The monoisotopic (exact) mass is 229 g/mol. The molecule has 0 bridgehead atoms. The highest BCUT2D eigenvalue weighted by atomic mass is 16.5. The fourth-order valence-electron chi connectivity index (χ4n) is 1.71. The van der Waals surface area contributed by atoms with Crippen molar-refractivity contribution in [1.82, 2.24) is 9.97 Å². The summed E-state index contributed by atoms with van der Waals surface area (Å²) in [5.74, 6) is 0.944. The number of fused-ring (bicyclic) bond motifs is 1. The molecule has 0 aliphatic heterocycles. The second-order valence-electron chi connectivity index (χ2n) is 4.11. The van der Waals surface area contributed by atoms with Gasteiger partial charge in [-0.2, -0.15) is 5.26 Å². The fourth-order valence-corrected chi connectivity index (χ4v) is 1.71. The Morgan fingerprint density at radius 3 is 3.06 bits per heavy atom. The Bertz CT molecular complexity index is 553. The number of benzene rings is 1. The van der Waals surface area contributed by atoms with Crippen LogP contribution < -0.4 is 0 Å². The van der Waals surface area contributed by atoms with Crippen LogP contribution in [0.1, 0.15) is 24.7 Å². The molecule has 0 saturated heterocycles. The van der Waals surface area contributed by atoms with Crippen molar-refractivity contribution in [3.8, 4) is 6.07 Å². The van der Waals surface area contributed by atoms with Crippen molar-refractivity contribution in [2.75, 3.05) is 7.11 Å². The molecule has 0 spiro atoms. The molecule has 0 fully saturated rings. The van der Waals surface area contributed by atoms with Gasteiger partial charge in [0.25, 0.3) is 0 Å². The van der Waals surface area contributed by atoms with Crippen LogP contribution in [0.15, 0.2) is 18.2 Å². The first-order valence-electron chi connectivity index (χ1n) is 5.64. The van der Waals surface area contributed by atoms with E-state index in [2.05, 4.69) is 16.0 Å². The molecule has 4 nitrogen and oxygen atoms in total. The second kappa shape index (κ2) is 4.98. The van der Waals surface area contributed by atoms with Crippen LogP contribution in [0.25, 0.3) is 11.0 Å². The lowest BCUT2D eigenvalue weighted by Crippen LogP contribution is -2.06. The summed E-state index contributed by atoms with van der Waals surface area (Å²) in [6.07, 6.45) is 2.02. The highest BCUT2D eigenvalue weighted by Gasteiger charge is 2.06. The first-order valence-corrected chi connectivity index (χ1v) is 5.64. The predicted octanol–water partition coefficient (Wildman–Crippen LogP) is 2.40. The number of aromatic amines is 1. The van der Waals surface area contributed by atoms with Gasteiger partial charge in [0.1, 0.15) is 5.82 Å². The van der Waals surface area contributed by atoms with E-state index in [1.54, 1.807) is 13.2 Å². The summed E-state index contributed by atoms with van der Waals surface area (Å²) in [6, 6.07) is 7.60. The SMILES string of the molecule is COC(C)CCc1nc2ccc(C#N)cc2[nH]1. The quantitative estimate of drug-likeness (QED) is 0.875. The Labute approximate surface area is 100 Å². The number of aryl methyl sites for hydroxylation is 1. The molecule has 0 aliphatic carbocycles. The van der Waals surface area contributed by atoms with E-state index in [1.807, 2.05) is 19.1 Å². The zero-order chi connectivity index (χ0) is 12.3. The molecule has 0 radical (unpaired) electrons.